The molecule has 5 heteroatoms. The van der Waals surface area contributed by atoms with E-state index in [4.69, 9.17) is 17.3 Å². The number of halogens is 1. The number of aromatic amines is 1. The number of hydrogen-bond donors (Lipinski definition) is 2. The number of nitrogens with zero attached hydrogens (tertiary/aromatic N) is 1. The number of nitrogens with two attached hydrogens (primary N) is 1. The summed E-state index contributed by atoms with van der Waals surface area (Å²) in [6, 6.07) is 7.00. The molecule has 2 aromatic rings. The second-order valence-corrected chi connectivity index (χ2v) is 3.87. The third kappa shape index (κ3) is 1.92. The van der Waals surface area contributed by atoms with Crippen molar-refractivity contribution in [2.75, 3.05) is 5.73 Å². The topological polar surface area (TPSA) is 71.8 Å². The van der Waals surface area contributed by atoms with Gasteiger partial charge in [-0.05, 0) is 31.2 Å². The van der Waals surface area contributed by atoms with Gasteiger partial charge in [0.1, 0.15) is 11.6 Å². The van der Waals surface area contributed by atoms with Crippen molar-refractivity contribution in [2.45, 2.75) is 6.92 Å². The normalized spacial score (nSPS) is 10.4. The largest absolute Gasteiger partial charge is 0.383 e. The zero-order valence-electron chi connectivity index (χ0n) is 8.62. The number of hydrogen-bond acceptors (Lipinski definition) is 3. The number of benzene rings is 1. The molecule has 16 heavy (non-hydrogen) atoms. The molecule has 0 saturated heterocycles. The summed E-state index contributed by atoms with van der Waals surface area (Å²) in [5.41, 5.74) is 6.61. The van der Waals surface area contributed by atoms with Crippen LogP contribution in [0.4, 0.5) is 5.82 Å². The first-order valence-electron chi connectivity index (χ1n) is 4.70. The number of nitrogen functional groups attached to an aromatic ring is 1. The van der Waals surface area contributed by atoms with Crippen molar-refractivity contribution in [3.8, 4) is 11.4 Å². The summed E-state index contributed by atoms with van der Waals surface area (Å²) in [6.07, 6.45) is 0. The Morgan fingerprint density at radius 1 is 1.31 bits per heavy atom. The third-order valence-corrected chi connectivity index (χ3v) is 2.56. The van der Waals surface area contributed by atoms with Crippen LogP contribution in [-0.2, 0) is 0 Å². The first kappa shape index (κ1) is 10.7. The highest BCUT2D eigenvalue weighted by atomic mass is 35.5. The number of nitrogens with one attached hydrogen (secondary N) is 1. The summed E-state index contributed by atoms with van der Waals surface area (Å²) in [5.74, 6) is 0.693. The summed E-state index contributed by atoms with van der Waals surface area (Å²) in [7, 11) is 0. The van der Waals surface area contributed by atoms with Crippen LogP contribution in [0.1, 0.15) is 5.56 Å². The maximum atomic E-state index is 11.5. The van der Waals surface area contributed by atoms with Gasteiger partial charge in [0.2, 0.25) is 0 Å². The van der Waals surface area contributed by atoms with Crippen LogP contribution in [0.2, 0.25) is 5.02 Å². The van der Waals surface area contributed by atoms with Crippen LogP contribution in [0, 0.1) is 6.92 Å². The summed E-state index contributed by atoms with van der Waals surface area (Å²) in [4.78, 5) is 18.3. The summed E-state index contributed by atoms with van der Waals surface area (Å²) < 4.78 is 0. The van der Waals surface area contributed by atoms with Gasteiger partial charge >= 0.3 is 0 Å². The Morgan fingerprint density at radius 3 is 2.50 bits per heavy atom. The summed E-state index contributed by atoms with van der Waals surface area (Å²) in [6.45, 7) is 1.63. The minimum absolute atomic E-state index is 0.225. The molecule has 0 fully saturated rings. The minimum Gasteiger partial charge on any atom is -0.383 e. The predicted molar refractivity (Wildman–Crippen MR) is 64.5 cm³/mol. The molecule has 0 bridgehead atoms. The Hall–Kier alpha value is -1.81. The van der Waals surface area contributed by atoms with E-state index < -0.39 is 0 Å². The van der Waals surface area contributed by atoms with Gasteiger partial charge in [-0.25, -0.2) is 4.98 Å². The van der Waals surface area contributed by atoms with Crippen molar-refractivity contribution < 1.29 is 0 Å². The first-order valence-corrected chi connectivity index (χ1v) is 5.08. The fraction of sp³-hybridized carbons (Fsp3) is 0.0909. The highest BCUT2D eigenvalue weighted by Crippen LogP contribution is 2.18. The van der Waals surface area contributed by atoms with Crippen LogP contribution in [-0.4, -0.2) is 9.97 Å². The van der Waals surface area contributed by atoms with Crippen molar-refractivity contribution in [3.05, 3.63) is 45.2 Å². The van der Waals surface area contributed by atoms with Crippen molar-refractivity contribution >= 4 is 17.4 Å². The molecule has 0 aliphatic carbocycles. The fourth-order valence-corrected chi connectivity index (χ4v) is 1.42. The molecule has 0 aliphatic heterocycles. The van der Waals surface area contributed by atoms with Gasteiger partial charge in [0, 0.05) is 10.6 Å². The number of rotatable bonds is 1. The van der Waals surface area contributed by atoms with E-state index in [0.29, 0.717) is 16.4 Å². The van der Waals surface area contributed by atoms with Crippen LogP contribution in [0.3, 0.4) is 0 Å². The molecule has 82 valence electrons. The predicted octanol–water partition coefficient (Wildman–Crippen LogP) is 1.98. The summed E-state index contributed by atoms with van der Waals surface area (Å²) >= 11 is 5.77. The van der Waals surface area contributed by atoms with Gasteiger partial charge in [0.05, 0.1) is 5.56 Å². The van der Waals surface area contributed by atoms with E-state index in [2.05, 4.69) is 9.97 Å². The highest BCUT2D eigenvalue weighted by molar-refractivity contribution is 6.30. The zero-order chi connectivity index (χ0) is 11.7. The van der Waals surface area contributed by atoms with Gasteiger partial charge in [0.15, 0.2) is 0 Å². The zero-order valence-corrected chi connectivity index (χ0v) is 9.38. The van der Waals surface area contributed by atoms with Gasteiger partial charge < -0.3 is 10.7 Å². The maximum Gasteiger partial charge on any atom is 0.256 e. The second kappa shape index (κ2) is 3.98. The molecule has 4 nitrogen and oxygen atoms in total. The molecular formula is C11H10ClN3O. The van der Waals surface area contributed by atoms with E-state index in [0.717, 1.165) is 5.56 Å². The lowest BCUT2D eigenvalue weighted by molar-refractivity contribution is 1.10. The lowest BCUT2D eigenvalue weighted by Gasteiger charge is -2.03. The Kier molecular flexibility index (Phi) is 2.66. The van der Waals surface area contributed by atoms with Crippen LogP contribution < -0.4 is 11.3 Å². The van der Waals surface area contributed by atoms with Crippen LogP contribution in [0.25, 0.3) is 11.4 Å². The van der Waals surface area contributed by atoms with E-state index >= 15 is 0 Å². The Balaban J connectivity index is 2.57. The van der Waals surface area contributed by atoms with Crippen LogP contribution >= 0.6 is 11.6 Å². The molecule has 0 unspecified atom stereocenters. The summed E-state index contributed by atoms with van der Waals surface area (Å²) in [5, 5.41) is 0.631. The fourth-order valence-electron chi connectivity index (χ4n) is 1.29. The van der Waals surface area contributed by atoms with E-state index in [1.807, 2.05) is 0 Å². The molecule has 0 saturated carbocycles. The van der Waals surface area contributed by atoms with Gasteiger partial charge in [-0.2, -0.15) is 0 Å². The lowest BCUT2D eigenvalue weighted by atomic mass is 10.2. The maximum absolute atomic E-state index is 11.5. The Labute approximate surface area is 97.1 Å². The van der Waals surface area contributed by atoms with E-state index in [1.54, 1.807) is 31.2 Å². The van der Waals surface area contributed by atoms with Crippen molar-refractivity contribution in [1.82, 2.24) is 9.97 Å². The average molecular weight is 236 g/mol. The van der Waals surface area contributed by atoms with Crippen molar-refractivity contribution in [3.63, 3.8) is 0 Å². The molecule has 1 heterocycles. The molecule has 0 radical (unpaired) electrons. The Morgan fingerprint density at radius 2 is 1.94 bits per heavy atom. The quantitative estimate of drug-likeness (QED) is 0.794. The molecule has 1 aromatic heterocycles. The van der Waals surface area contributed by atoms with Gasteiger partial charge in [0.25, 0.3) is 5.56 Å². The van der Waals surface area contributed by atoms with Gasteiger partial charge in [-0.3, -0.25) is 4.79 Å². The van der Waals surface area contributed by atoms with Crippen molar-refractivity contribution in [2.24, 2.45) is 0 Å². The first-order chi connectivity index (χ1) is 7.58. The monoisotopic (exact) mass is 235 g/mol. The van der Waals surface area contributed by atoms with E-state index in [1.165, 1.54) is 0 Å². The number of aromatic nitrogens is 2. The molecule has 0 aliphatic rings. The minimum atomic E-state index is -0.225. The van der Waals surface area contributed by atoms with Crippen LogP contribution in [0.15, 0.2) is 29.1 Å². The molecule has 0 atom stereocenters. The highest BCUT2D eigenvalue weighted by Gasteiger charge is 2.05. The van der Waals surface area contributed by atoms with Gasteiger partial charge in [-0.15, -0.1) is 0 Å². The van der Waals surface area contributed by atoms with E-state index in [-0.39, 0.29) is 11.4 Å². The molecule has 0 spiro atoms. The Bertz CT molecular complexity index is 575. The second-order valence-electron chi connectivity index (χ2n) is 3.43. The standard InChI is InChI=1S/C11H10ClN3O/c1-6-9(13)14-10(15-11(6)16)7-2-4-8(12)5-3-7/h2-5H,1H3,(H3,13,14,15,16). The number of anilines is 1. The van der Waals surface area contributed by atoms with Gasteiger partial charge in [-0.1, -0.05) is 11.6 Å². The van der Waals surface area contributed by atoms with Crippen LogP contribution in [0.5, 0.6) is 0 Å². The van der Waals surface area contributed by atoms with E-state index in [9.17, 15) is 4.79 Å². The molecule has 0 amide bonds. The SMILES string of the molecule is Cc1c(N)nc(-c2ccc(Cl)cc2)[nH]c1=O. The average Bonchev–Trinajstić information content (AvgIpc) is 2.26. The molecule has 2 rings (SSSR count). The van der Waals surface area contributed by atoms with Crippen molar-refractivity contribution in [1.29, 1.82) is 0 Å². The number of H-pyrrole nitrogens is 1. The molecular weight excluding hydrogens is 226 g/mol. The molecule has 1 aromatic carbocycles. The third-order valence-electron chi connectivity index (χ3n) is 2.31. The molecule has 3 N–H and O–H groups in total. The smallest absolute Gasteiger partial charge is 0.256 e. The lowest BCUT2D eigenvalue weighted by Crippen LogP contribution is -2.15.